The highest BCUT2D eigenvalue weighted by molar-refractivity contribution is 5.45. The lowest BCUT2D eigenvalue weighted by molar-refractivity contribution is 0.0957. The van der Waals surface area contributed by atoms with Crippen molar-refractivity contribution >= 4 is 11.8 Å². The van der Waals surface area contributed by atoms with Crippen molar-refractivity contribution in [1.29, 1.82) is 0 Å². The number of hydrogen-bond acceptors (Lipinski definition) is 6. The van der Waals surface area contributed by atoms with Gasteiger partial charge in [0, 0.05) is 58.1 Å². The maximum absolute atomic E-state index is 9.55. The Morgan fingerprint density at radius 1 is 1.38 bits per heavy atom. The molecule has 1 aliphatic rings. The van der Waals surface area contributed by atoms with Gasteiger partial charge in [0.05, 0.1) is 6.10 Å². The van der Waals surface area contributed by atoms with Crippen molar-refractivity contribution in [3.8, 4) is 0 Å². The molecule has 0 spiro atoms. The van der Waals surface area contributed by atoms with E-state index in [2.05, 4.69) is 26.7 Å². The summed E-state index contributed by atoms with van der Waals surface area (Å²) in [5.41, 5.74) is 0.989. The fraction of sp³-hybridized carbons (Fsp3) is 0.733. The van der Waals surface area contributed by atoms with Gasteiger partial charge in [0.2, 0.25) is 5.95 Å². The Morgan fingerprint density at radius 2 is 2.10 bits per heavy atom. The highest BCUT2D eigenvalue weighted by Gasteiger charge is 2.26. The quantitative estimate of drug-likeness (QED) is 0.884. The molecule has 1 saturated heterocycles. The third kappa shape index (κ3) is 4.04. The molecule has 0 bridgehead atoms. The van der Waals surface area contributed by atoms with Crippen LogP contribution in [-0.4, -0.2) is 72.4 Å². The molecular weight excluding hydrogens is 266 g/mol. The van der Waals surface area contributed by atoms with Gasteiger partial charge in [0.25, 0.3) is 0 Å². The maximum Gasteiger partial charge on any atom is 0.227 e. The maximum atomic E-state index is 9.55. The van der Waals surface area contributed by atoms with E-state index in [0.717, 1.165) is 43.6 Å². The van der Waals surface area contributed by atoms with E-state index in [1.807, 2.05) is 38.9 Å². The lowest BCUT2D eigenvalue weighted by atomic mass is 10.2. The smallest absolute Gasteiger partial charge is 0.227 e. The molecule has 21 heavy (non-hydrogen) atoms. The Bertz CT molecular complexity index is 477. The number of piperazine rings is 1. The van der Waals surface area contributed by atoms with Crippen molar-refractivity contribution in [3.05, 3.63) is 11.8 Å². The summed E-state index contributed by atoms with van der Waals surface area (Å²) in [6.07, 6.45) is -0.283. The molecule has 6 nitrogen and oxygen atoms in total. The Morgan fingerprint density at radius 3 is 2.67 bits per heavy atom. The summed E-state index contributed by atoms with van der Waals surface area (Å²) < 4.78 is 0. The molecule has 0 saturated carbocycles. The number of rotatable bonds is 4. The van der Waals surface area contributed by atoms with E-state index in [-0.39, 0.29) is 6.10 Å². The number of aliphatic hydroxyl groups is 1. The first-order valence-corrected chi connectivity index (χ1v) is 7.57. The van der Waals surface area contributed by atoms with Gasteiger partial charge in [-0.1, -0.05) is 0 Å². The Kier molecular flexibility index (Phi) is 5.00. The first-order chi connectivity index (χ1) is 9.86. The zero-order valence-electron chi connectivity index (χ0n) is 13.7. The minimum absolute atomic E-state index is 0.283. The van der Waals surface area contributed by atoms with Crippen molar-refractivity contribution in [2.75, 3.05) is 50.1 Å². The molecule has 0 aromatic carbocycles. The van der Waals surface area contributed by atoms with Crippen molar-refractivity contribution in [3.63, 3.8) is 0 Å². The fourth-order valence-electron chi connectivity index (χ4n) is 2.69. The molecule has 1 N–H and O–H groups in total. The van der Waals surface area contributed by atoms with Gasteiger partial charge in [0.1, 0.15) is 5.82 Å². The topological polar surface area (TPSA) is 55.7 Å². The van der Waals surface area contributed by atoms with Crippen LogP contribution in [0.1, 0.15) is 19.5 Å². The standard InChI is InChI=1S/C15H27N5O/c1-11-8-14(18(4)5)17-15(16-11)20-7-6-19(10-13(3)21)12(2)9-20/h8,12-13,21H,6-7,9-10H2,1-5H3/t12-,13+/m0/s1. The monoisotopic (exact) mass is 293 g/mol. The van der Waals surface area contributed by atoms with E-state index < -0.39 is 0 Å². The molecular formula is C15H27N5O. The van der Waals surface area contributed by atoms with Gasteiger partial charge in [0.15, 0.2) is 0 Å². The molecule has 2 atom stereocenters. The van der Waals surface area contributed by atoms with Gasteiger partial charge < -0.3 is 14.9 Å². The lowest BCUT2D eigenvalue weighted by Gasteiger charge is -2.40. The molecule has 2 heterocycles. The molecule has 1 aliphatic heterocycles. The highest BCUT2D eigenvalue weighted by atomic mass is 16.3. The number of hydrogen-bond donors (Lipinski definition) is 1. The van der Waals surface area contributed by atoms with Crippen LogP contribution in [0.25, 0.3) is 0 Å². The normalized spacial score (nSPS) is 21.4. The van der Waals surface area contributed by atoms with Crippen LogP contribution in [0.4, 0.5) is 11.8 Å². The average molecular weight is 293 g/mol. The predicted molar refractivity (Wildman–Crippen MR) is 86.0 cm³/mol. The van der Waals surface area contributed by atoms with Crippen LogP contribution in [-0.2, 0) is 0 Å². The molecule has 1 aromatic rings. The number of aliphatic hydroxyl groups excluding tert-OH is 1. The zero-order chi connectivity index (χ0) is 15.6. The molecule has 1 aromatic heterocycles. The van der Waals surface area contributed by atoms with Gasteiger partial charge in [-0.15, -0.1) is 0 Å². The Hall–Kier alpha value is -1.40. The molecule has 0 radical (unpaired) electrons. The largest absolute Gasteiger partial charge is 0.392 e. The second kappa shape index (κ2) is 6.58. The lowest BCUT2D eigenvalue weighted by Crippen LogP contribution is -2.54. The van der Waals surface area contributed by atoms with Gasteiger partial charge in [-0.3, -0.25) is 4.90 Å². The van der Waals surface area contributed by atoms with E-state index in [0.29, 0.717) is 6.04 Å². The molecule has 118 valence electrons. The highest BCUT2D eigenvalue weighted by Crippen LogP contribution is 2.19. The molecule has 0 amide bonds. The number of anilines is 2. The third-order valence-electron chi connectivity index (χ3n) is 3.83. The Balaban J connectivity index is 2.10. The van der Waals surface area contributed by atoms with Crippen molar-refractivity contribution in [2.24, 2.45) is 0 Å². The molecule has 2 rings (SSSR count). The summed E-state index contributed by atoms with van der Waals surface area (Å²) in [5, 5.41) is 9.55. The summed E-state index contributed by atoms with van der Waals surface area (Å²) in [6, 6.07) is 2.39. The van der Waals surface area contributed by atoms with Crippen LogP contribution >= 0.6 is 0 Å². The van der Waals surface area contributed by atoms with Crippen molar-refractivity contribution in [2.45, 2.75) is 32.9 Å². The molecule has 6 heteroatoms. The van der Waals surface area contributed by atoms with E-state index in [1.165, 1.54) is 0 Å². The van der Waals surface area contributed by atoms with Crippen LogP contribution in [0.2, 0.25) is 0 Å². The van der Waals surface area contributed by atoms with Crippen LogP contribution in [0.5, 0.6) is 0 Å². The zero-order valence-corrected chi connectivity index (χ0v) is 13.7. The van der Waals surface area contributed by atoms with Crippen molar-refractivity contribution < 1.29 is 5.11 Å². The minimum atomic E-state index is -0.283. The fourth-order valence-corrected chi connectivity index (χ4v) is 2.69. The average Bonchev–Trinajstić information content (AvgIpc) is 2.39. The van der Waals surface area contributed by atoms with Gasteiger partial charge in [-0.05, 0) is 20.8 Å². The Labute approximate surface area is 127 Å². The molecule has 0 aliphatic carbocycles. The summed E-state index contributed by atoms with van der Waals surface area (Å²) in [6.45, 7) is 9.48. The van der Waals surface area contributed by atoms with Gasteiger partial charge >= 0.3 is 0 Å². The van der Waals surface area contributed by atoms with E-state index in [9.17, 15) is 5.11 Å². The van der Waals surface area contributed by atoms with Crippen molar-refractivity contribution in [1.82, 2.24) is 14.9 Å². The number of aromatic nitrogens is 2. The number of β-amino-alcohol motifs (C(OH)–C–C–N with tert-alkyl or cyclic N) is 1. The van der Waals surface area contributed by atoms with E-state index in [4.69, 9.17) is 0 Å². The van der Waals surface area contributed by atoms with Crippen LogP contribution in [0, 0.1) is 6.92 Å². The third-order valence-corrected chi connectivity index (χ3v) is 3.83. The minimum Gasteiger partial charge on any atom is -0.392 e. The van der Waals surface area contributed by atoms with E-state index >= 15 is 0 Å². The summed E-state index contributed by atoms with van der Waals surface area (Å²) >= 11 is 0. The molecule has 1 fully saturated rings. The van der Waals surface area contributed by atoms with Gasteiger partial charge in [-0.25, -0.2) is 4.98 Å². The first kappa shape index (κ1) is 16.0. The second-order valence-corrected chi connectivity index (χ2v) is 6.20. The van der Waals surface area contributed by atoms with Crippen LogP contribution in [0.3, 0.4) is 0 Å². The predicted octanol–water partition coefficient (Wildman–Crippen LogP) is 0.742. The van der Waals surface area contributed by atoms with E-state index in [1.54, 1.807) is 0 Å². The SMILES string of the molecule is Cc1cc(N(C)C)nc(N2CCN(C[C@@H](C)O)[C@@H](C)C2)n1. The van der Waals surface area contributed by atoms with Gasteiger partial charge in [-0.2, -0.15) is 4.98 Å². The number of aryl methyl sites for hydroxylation is 1. The summed E-state index contributed by atoms with van der Waals surface area (Å²) in [4.78, 5) is 15.8. The second-order valence-electron chi connectivity index (χ2n) is 6.20. The summed E-state index contributed by atoms with van der Waals surface area (Å²) in [7, 11) is 3.99. The van der Waals surface area contributed by atoms with Crippen LogP contribution < -0.4 is 9.80 Å². The first-order valence-electron chi connectivity index (χ1n) is 7.57. The summed E-state index contributed by atoms with van der Waals surface area (Å²) in [5.74, 6) is 1.75. The molecule has 0 unspecified atom stereocenters. The van der Waals surface area contributed by atoms with Crippen LogP contribution in [0.15, 0.2) is 6.07 Å². The number of nitrogens with zero attached hydrogens (tertiary/aromatic N) is 5.